The highest BCUT2D eigenvalue weighted by molar-refractivity contribution is 5.95. The predicted molar refractivity (Wildman–Crippen MR) is 109 cm³/mol. The second kappa shape index (κ2) is 10.1. The van der Waals surface area contributed by atoms with Crippen LogP contribution in [0.4, 0.5) is 5.69 Å². The summed E-state index contributed by atoms with van der Waals surface area (Å²) in [5.74, 6) is -1.15. The van der Waals surface area contributed by atoms with Crippen LogP contribution in [-0.2, 0) is 4.79 Å². The molecular formula is C21H26N4O3. The molecule has 2 rings (SSSR count). The van der Waals surface area contributed by atoms with Gasteiger partial charge >= 0.3 is 5.97 Å². The number of nitrogens with two attached hydrogens (primary N) is 2. The molecule has 2 atom stereocenters. The van der Waals surface area contributed by atoms with Gasteiger partial charge in [-0.3, -0.25) is 9.59 Å². The molecule has 0 spiro atoms. The van der Waals surface area contributed by atoms with Crippen LogP contribution in [0.3, 0.4) is 0 Å². The Morgan fingerprint density at radius 3 is 2.46 bits per heavy atom. The van der Waals surface area contributed by atoms with Gasteiger partial charge < -0.3 is 21.9 Å². The summed E-state index contributed by atoms with van der Waals surface area (Å²) in [7, 11) is 0. The highest BCUT2D eigenvalue weighted by Gasteiger charge is 2.22. The molecule has 0 saturated carbocycles. The summed E-state index contributed by atoms with van der Waals surface area (Å²) in [4.78, 5) is 27.6. The number of aliphatic imine (C=N–C) groups is 1. The molecule has 0 aromatic heterocycles. The Bertz CT molecular complexity index is 833. The highest BCUT2D eigenvalue weighted by Crippen LogP contribution is 2.30. The Morgan fingerprint density at radius 1 is 1.11 bits per heavy atom. The second-order valence-electron chi connectivity index (χ2n) is 6.72. The van der Waals surface area contributed by atoms with Gasteiger partial charge in [0.05, 0.1) is 12.1 Å². The van der Waals surface area contributed by atoms with Gasteiger partial charge in [-0.15, -0.1) is 0 Å². The van der Waals surface area contributed by atoms with Crippen LogP contribution in [0, 0.1) is 5.92 Å². The molecule has 1 amide bonds. The molecule has 0 fully saturated rings. The summed E-state index contributed by atoms with van der Waals surface area (Å²) in [6.45, 7) is 2.45. The third-order valence-electron chi connectivity index (χ3n) is 4.56. The number of benzene rings is 2. The number of nitrogens with zero attached hydrogens (tertiary/aromatic N) is 1. The number of carbonyl (C=O) groups excluding carboxylic acids is 1. The van der Waals surface area contributed by atoms with E-state index >= 15 is 0 Å². The highest BCUT2D eigenvalue weighted by atomic mass is 16.4. The Hall–Kier alpha value is -3.35. The third-order valence-corrected chi connectivity index (χ3v) is 4.56. The van der Waals surface area contributed by atoms with Gasteiger partial charge in [0.1, 0.15) is 0 Å². The topological polar surface area (TPSA) is 131 Å². The lowest BCUT2D eigenvalue weighted by Crippen LogP contribution is -2.27. The Labute approximate surface area is 164 Å². The number of hydrogen-bond acceptors (Lipinski definition) is 3. The lowest BCUT2D eigenvalue weighted by molar-refractivity contribution is -0.137. The van der Waals surface area contributed by atoms with E-state index in [0.29, 0.717) is 24.2 Å². The second-order valence-corrected chi connectivity index (χ2v) is 6.72. The monoisotopic (exact) mass is 382 g/mol. The van der Waals surface area contributed by atoms with Gasteiger partial charge in [0.25, 0.3) is 5.91 Å². The Morgan fingerprint density at radius 2 is 1.82 bits per heavy atom. The minimum Gasteiger partial charge on any atom is -0.481 e. The van der Waals surface area contributed by atoms with E-state index in [1.54, 1.807) is 24.3 Å². The van der Waals surface area contributed by atoms with Gasteiger partial charge in [-0.25, -0.2) is 4.99 Å². The van der Waals surface area contributed by atoms with Crippen LogP contribution in [0.15, 0.2) is 59.6 Å². The molecule has 0 aliphatic carbocycles. The van der Waals surface area contributed by atoms with Gasteiger partial charge in [0.15, 0.2) is 5.96 Å². The number of guanidine groups is 1. The Kier molecular flexibility index (Phi) is 7.56. The fraction of sp³-hybridized carbons (Fsp3) is 0.286. The molecule has 2 aromatic rings. The van der Waals surface area contributed by atoms with E-state index in [1.165, 1.54) is 0 Å². The Balaban J connectivity index is 1.96. The van der Waals surface area contributed by atoms with Crippen LogP contribution in [0.5, 0.6) is 0 Å². The predicted octanol–water partition coefficient (Wildman–Crippen LogP) is 2.61. The summed E-state index contributed by atoms with van der Waals surface area (Å²) in [6.07, 6.45) is 0.714. The number of carbonyl (C=O) groups is 2. The number of rotatable bonds is 9. The number of nitrogens with one attached hydrogen (secondary N) is 1. The van der Waals surface area contributed by atoms with Crippen LogP contribution < -0.4 is 16.8 Å². The summed E-state index contributed by atoms with van der Waals surface area (Å²) >= 11 is 0. The van der Waals surface area contributed by atoms with Gasteiger partial charge in [0, 0.05) is 12.1 Å². The van der Waals surface area contributed by atoms with Crippen molar-refractivity contribution in [1.29, 1.82) is 0 Å². The van der Waals surface area contributed by atoms with E-state index < -0.39 is 5.97 Å². The molecule has 28 heavy (non-hydrogen) atoms. The van der Waals surface area contributed by atoms with Crippen molar-refractivity contribution in [2.75, 3.05) is 6.54 Å². The van der Waals surface area contributed by atoms with E-state index in [0.717, 1.165) is 5.56 Å². The van der Waals surface area contributed by atoms with Gasteiger partial charge in [0.2, 0.25) is 0 Å². The smallest absolute Gasteiger partial charge is 0.303 e. The summed E-state index contributed by atoms with van der Waals surface area (Å²) in [6, 6.07) is 16.3. The number of aliphatic carboxylic acids is 1. The van der Waals surface area contributed by atoms with Crippen molar-refractivity contribution in [1.82, 2.24) is 5.32 Å². The fourth-order valence-electron chi connectivity index (χ4n) is 3.12. The molecule has 0 saturated heterocycles. The molecule has 0 bridgehead atoms. The van der Waals surface area contributed by atoms with E-state index in [9.17, 15) is 14.7 Å². The first-order valence-electron chi connectivity index (χ1n) is 9.11. The van der Waals surface area contributed by atoms with Gasteiger partial charge in [-0.2, -0.15) is 0 Å². The first-order valence-corrected chi connectivity index (χ1v) is 9.11. The van der Waals surface area contributed by atoms with Crippen molar-refractivity contribution in [3.8, 4) is 0 Å². The van der Waals surface area contributed by atoms with Crippen molar-refractivity contribution in [2.45, 2.75) is 25.7 Å². The molecule has 6 N–H and O–H groups in total. The first kappa shape index (κ1) is 21.0. The number of carboxylic acid groups (broad SMARTS) is 1. The average Bonchev–Trinajstić information content (AvgIpc) is 2.66. The van der Waals surface area contributed by atoms with Crippen LogP contribution in [0.25, 0.3) is 0 Å². The molecule has 0 heterocycles. The van der Waals surface area contributed by atoms with Crippen molar-refractivity contribution in [3.63, 3.8) is 0 Å². The van der Waals surface area contributed by atoms with Crippen LogP contribution >= 0.6 is 0 Å². The average molecular weight is 382 g/mol. The van der Waals surface area contributed by atoms with E-state index in [4.69, 9.17) is 11.5 Å². The zero-order chi connectivity index (χ0) is 20.5. The number of amides is 1. The van der Waals surface area contributed by atoms with Crippen molar-refractivity contribution >= 4 is 23.5 Å². The maximum absolute atomic E-state index is 12.4. The molecule has 7 heteroatoms. The molecule has 0 aliphatic heterocycles. The van der Waals surface area contributed by atoms with Crippen LogP contribution in [0.2, 0.25) is 0 Å². The molecular weight excluding hydrogens is 356 g/mol. The maximum atomic E-state index is 12.4. The normalized spacial score (nSPS) is 12.6. The zero-order valence-electron chi connectivity index (χ0n) is 15.8. The quantitative estimate of drug-likeness (QED) is 0.391. The van der Waals surface area contributed by atoms with Crippen LogP contribution in [0.1, 0.15) is 41.6 Å². The van der Waals surface area contributed by atoms with Crippen molar-refractivity contribution in [3.05, 3.63) is 65.7 Å². The zero-order valence-corrected chi connectivity index (χ0v) is 15.8. The third kappa shape index (κ3) is 6.42. The molecule has 7 nitrogen and oxygen atoms in total. The minimum absolute atomic E-state index is 0.0552. The molecule has 2 aromatic carbocycles. The van der Waals surface area contributed by atoms with Gasteiger partial charge in [-0.05, 0) is 42.0 Å². The summed E-state index contributed by atoms with van der Waals surface area (Å²) in [5, 5.41) is 12.1. The van der Waals surface area contributed by atoms with Crippen LogP contribution in [-0.4, -0.2) is 29.5 Å². The van der Waals surface area contributed by atoms with Crippen molar-refractivity contribution in [2.24, 2.45) is 22.4 Å². The summed E-state index contributed by atoms with van der Waals surface area (Å²) in [5.41, 5.74) is 12.7. The summed E-state index contributed by atoms with van der Waals surface area (Å²) < 4.78 is 0. The lowest BCUT2D eigenvalue weighted by atomic mass is 9.83. The van der Waals surface area contributed by atoms with E-state index in [-0.39, 0.29) is 30.1 Å². The molecule has 2 unspecified atom stereocenters. The lowest BCUT2D eigenvalue weighted by Gasteiger charge is -2.23. The molecule has 0 radical (unpaired) electrons. The molecule has 0 aliphatic rings. The maximum Gasteiger partial charge on any atom is 0.303 e. The minimum atomic E-state index is -0.832. The fourth-order valence-corrected chi connectivity index (χ4v) is 3.12. The standard InChI is InChI=1S/C21H26N4O3/c1-14(18(13-19(26)27)15-6-3-2-4-7-15)10-11-24-20(28)16-8-5-9-17(12-16)25-21(22)23/h2-9,12,14,18H,10-11,13H2,1H3,(H,24,28)(H,26,27)(H4,22,23,25). The largest absolute Gasteiger partial charge is 0.481 e. The van der Waals surface area contributed by atoms with Gasteiger partial charge in [-0.1, -0.05) is 43.3 Å². The SMILES string of the molecule is CC(CCNC(=O)c1cccc(N=C(N)N)c1)C(CC(=O)O)c1ccccc1. The molecule has 148 valence electrons. The van der Waals surface area contributed by atoms with E-state index in [2.05, 4.69) is 10.3 Å². The first-order chi connectivity index (χ1) is 13.4. The van der Waals surface area contributed by atoms with Crippen molar-refractivity contribution < 1.29 is 14.7 Å². The number of hydrogen-bond donors (Lipinski definition) is 4. The number of carboxylic acids is 1. The van der Waals surface area contributed by atoms with E-state index in [1.807, 2.05) is 37.3 Å².